The van der Waals surface area contributed by atoms with Gasteiger partial charge >= 0.3 is 0 Å². The highest BCUT2D eigenvalue weighted by Crippen LogP contribution is 2.34. The Balaban J connectivity index is 1.64. The summed E-state index contributed by atoms with van der Waals surface area (Å²) in [6.07, 6.45) is 4.62. The topological polar surface area (TPSA) is 64.8 Å². The van der Waals surface area contributed by atoms with Crippen LogP contribution in [0.5, 0.6) is 5.75 Å². The van der Waals surface area contributed by atoms with Crippen molar-refractivity contribution in [3.05, 3.63) is 18.2 Å². The van der Waals surface area contributed by atoms with E-state index in [4.69, 9.17) is 15.2 Å². The average Bonchev–Trinajstić information content (AvgIpc) is 2.94. The van der Waals surface area contributed by atoms with Gasteiger partial charge in [0.15, 0.2) is 6.61 Å². The van der Waals surface area contributed by atoms with Crippen LogP contribution in [0.3, 0.4) is 0 Å². The predicted octanol–water partition coefficient (Wildman–Crippen LogP) is 1.95. The number of anilines is 2. The number of amides is 1. The van der Waals surface area contributed by atoms with Crippen LogP contribution < -0.4 is 15.4 Å². The van der Waals surface area contributed by atoms with Gasteiger partial charge in [-0.05, 0) is 37.8 Å². The number of nitrogen functional groups attached to an aromatic ring is 1. The maximum atomic E-state index is 12.0. The number of hydrogen-bond acceptors (Lipinski definition) is 4. The van der Waals surface area contributed by atoms with E-state index in [0.717, 1.165) is 38.0 Å². The zero-order chi connectivity index (χ0) is 13.9. The number of fused-ring (bicyclic) bond motifs is 1. The van der Waals surface area contributed by atoms with Crippen LogP contribution in [0.25, 0.3) is 0 Å². The number of hydrogen-bond donors (Lipinski definition) is 1. The Hall–Kier alpha value is -1.75. The molecule has 1 fully saturated rings. The monoisotopic (exact) mass is 276 g/mol. The Morgan fingerprint density at radius 1 is 1.40 bits per heavy atom. The van der Waals surface area contributed by atoms with Gasteiger partial charge in [-0.25, -0.2) is 0 Å². The first-order valence-electron chi connectivity index (χ1n) is 7.18. The predicted molar refractivity (Wildman–Crippen MR) is 76.9 cm³/mol. The second kappa shape index (κ2) is 5.71. The highest BCUT2D eigenvalue weighted by Gasteiger charge is 2.25. The molecular weight excluding hydrogens is 256 g/mol. The maximum Gasteiger partial charge on any atom is 0.265 e. The van der Waals surface area contributed by atoms with Gasteiger partial charge in [0.05, 0.1) is 11.8 Å². The molecule has 0 bridgehead atoms. The Morgan fingerprint density at radius 2 is 2.30 bits per heavy atom. The Morgan fingerprint density at radius 3 is 3.10 bits per heavy atom. The molecule has 5 nitrogen and oxygen atoms in total. The van der Waals surface area contributed by atoms with Crippen LogP contribution in [0.2, 0.25) is 0 Å². The van der Waals surface area contributed by atoms with Crippen LogP contribution in [-0.4, -0.2) is 31.8 Å². The van der Waals surface area contributed by atoms with Gasteiger partial charge < -0.3 is 20.1 Å². The molecule has 0 radical (unpaired) electrons. The van der Waals surface area contributed by atoms with E-state index >= 15 is 0 Å². The zero-order valence-electron chi connectivity index (χ0n) is 11.5. The third kappa shape index (κ3) is 2.72. The lowest BCUT2D eigenvalue weighted by Crippen LogP contribution is -2.39. The Bertz CT molecular complexity index is 498. The molecule has 1 aromatic rings. The second-order valence-electron chi connectivity index (χ2n) is 5.34. The van der Waals surface area contributed by atoms with E-state index < -0.39 is 0 Å². The summed E-state index contributed by atoms with van der Waals surface area (Å²) >= 11 is 0. The molecule has 3 rings (SSSR count). The van der Waals surface area contributed by atoms with Crippen molar-refractivity contribution in [2.75, 3.05) is 30.4 Å². The molecule has 0 aliphatic carbocycles. The van der Waals surface area contributed by atoms with Crippen molar-refractivity contribution in [2.45, 2.75) is 31.8 Å². The van der Waals surface area contributed by atoms with E-state index in [2.05, 4.69) is 0 Å². The van der Waals surface area contributed by atoms with Gasteiger partial charge in [0.1, 0.15) is 5.75 Å². The molecule has 1 aromatic carbocycles. The quantitative estimate of drug-likeness (QED) is 0.854. The minimum atomic E-state index is 0.00890. The van der Waals surface area contributed by atoms with Crippen molar-refractivity contribution in [3.8, 4) is 5.75 Å². The lowest BCUT2D eigenvalue weighted by atomic mass is 10.1. The fraction of sp³-hybridized carbons (Fsp3) is 0.533. The third-order valence-corrected chi connectivity index (χ3v) is 3.86. The fourth-order valence-corrected chi connectivity index (χ4v) is 2.82. The Kier molecular flexibility index (Phi) is 3.78. The molecule has 5 heteroatoms. The molecule has 108 valence electrons. The van der Waals surface area contributed by atoms with E-state index in [1.165, 1.54) is 0 Å². The van der Waals surface area contributed by atoms with Crippen LogP contribution >= 0.6 is 0 Å². The standard InChI is InChI=1S/C15H20N2O3/c16-11-5-6-13-14(9-11)20-10-15(18)17(13)7-1-3-12-4-2-8-19-12/h5-6,9,12H,1-4,7-8,10,16H2. The van der Waals surface area contributed by atoms with Crippen molar-refractivity contribution < 1.29 is 14.3 Å². The first-order chi connectivity index (χ1) is 9.74. The van der Waals surface area contributed by atoms with Crippen LogP contribution in [0.1, 0.15) is 25.7 Å². The number of rotatable bonds is 4. The van der Waals surface area contributed by atoms with Crippen LogP contribution in [0, 0.1) is 0 Å². The molecule has 1 unspecified atom stereocenters. The van der Waals surface area contributed by atoms with Crippen LogP contribution in [0.15, 0.2) is 18.2 Å². The average molecular weight is 276 g/mol. The molecule has 0 spiro atoms. The van der Waals surface area contributed by atoms with Crippen LogP contribution in [0.4, 0.5) is 11.4 Å². The minimum absolute atomic E-state index is 0.00890. The van der Waals surface area contributed by atoms with Crippen molar-refractivity contribution in [1.82, 2.24) is 0 Å². The second-order valence-corrected chi connectivity index (χ2v) is 5.34. The summed E-state index contributed by atoms with van der Waals surface area (Å²) in [5.74, 6) is 0.705. The van der Waals surface area contributed by atoms with Gasteiger partial charge in [-0.3, -0.25) is 4.79 Å². The molecule has 20 heavy (non-hydrogen) atoms. The molecule has 0 saturated carbocycles. The van der Waals surface area contributed by atoms with Gasteiger partial charge in [-0.2, -0.15) is 0 Å². The highest BCUT2D eigenvalue weighted by molar-refractivity contribution is 5.98. The van der Waals surface area contributed by atoms with Gasteiger partial charge in [0, 0.05) is 24.9 Å². The van der Waals surface area contributed by atoms with Crippen molar-refractivity contribution in [3.63, 3.8) is 0 Å². The van der Waals surface area contributed by atoms with E-state index in [1.807, 2.05) is 6.07 Å². The summed E-state index contributed by atoms with van der Waals surface area (Å²) in [6, 6.07) is 5.43. The number of benzene rings is 1. The lowest BCUT2D eigenvalue weighted by Gasteiger charge is -2.29. The number of nitrogens with zero attached hydrogens (tertiary/aromatic N) is 1. The first-order valence-corrected chi connectivity index (χ1v) is 7.18. The molecule has 1 atom stereocenters. The zero-order valence-corrected chi connectivity index (χ0v) is 11.5. The number of nitrogens with two attached hydrogens (primary N) is 1. The van der Waals surface area contributed by atoms with Gasteiger partial charge in [0.25, 0.3) is 5.91 Å². The molecule has 2 aliphatic heterocycles. The summed E-state index contributed by atoms with van der Waals surface area (Å²) in [5, 5.41) is 0. The largest absolute Gasteiger partial charge is 0.481 e. The van der Waals surface area contributed by atoms with Gasteiger partial charge in [0.2, 0.25) is 0 Å². The number of carbonyl (C=O) groups excluding carboxylic acids is 1. The van der Waals surface area contributed by atoms with Crippen LogP contribution in [-0.2, 0) is 9.53 Å². The molecule has 0 aromatic heterocycles. The fourth-order valence-electron chi connectivity index (χ4n) is 2.82. The van der Waals surface area contributed by atoms with E-state index in [1.54, 1.807) is 17.0 Å². The SMILES string of the molecule is Nc1ccc2c(c1)OCC(=O)N2CCCC1CCCO1. The molecule has 1 amide bonds. The number of ether oxygens (including phenoxy) is 2. The molecule has 2 N–H and O–H groups in total. The highest BCUT2D eigenvalue weighted by atomic mass is 16.5. The summed E-state index contributed by atoms with van der Waals surface area (Å²) in [6.45, 7) is 1.68. The smallest absolute Gasteiger partial charge is 0.265 e. The summed E-state index contributed by atoms with van der Waals surface area (Å²) < 4.78 is 11.0. The first kappa shape index (κ1) is 13.2. The normalized spacial score (nSPS) is 21.7. The number of carbonyl (C=O) groups is 1. The van der Waals surface area contributed by atoms with E-state index in [9.17, 15) is 4.79 Å². The van der Waals surface area contributed by atoms with E-state index in [0.29, 0.717) is 24.1 Å². The van der Waals surface area contributed by atoms with Crippen molar-refractivity contribution in [2.24, 2.45) is 0 Å². The molecular formula is C15H20N2O3. The summed E-state index contributed by atoms with van der Waals surface area (Å²) in [4.78, 5) is 13.8. The molecule has 1 saturated heterocycles. The minimum Gasteiger partial charge on any atom is -0.481 e. The van der Waals surface area contributed by atoms with Crippen molar-refractivity contribution in [1.29, 1.82) is 0 Å². The molecule has 2 heterocycles. The maximum absolute atomic E-state index is 12.0. The van der Waals surface area contributed by atoms with E-state index in [-0.39, 0.29) is 12.5 Å². The van der Waals surface area contributed by atoms with Crippen molar-refractivity contribution >= 4 is 17.3 Å². The lowest BCUT2D eigenvalue weighted by molar-refractivity contribution is -0.121. The third-order valence-electron chi connectivity index (χ3n) is 3.86. The van der Waals surface area contributed by atoms with Gasteiger partial charge in [-0.15, -0.1) is 0 Å². The van der Waals surface area contributed by atoms with Gasteiger partial charge in [-0.1, -0.05) is 0 Å². The molecule has 2 aliphatic rings. The summed E-state index contributed by atoms with van der Waals surface area (Å²) in [5.41, 5.74) is 7.22. The Labute approximate surface area is 118 Å². The summed E-state index contributed by atoms with van der Waals surface area (Å²) in [7, 11) is 0.